The monoisotopic (exact) mass is 331 g/mol. The Morgan fingerprint density at radius 3 is 2.09 bits per heavy atom. The molecule has 7 heteroatoms. The van der Waals surface area contributed by atoms with Crippen molar-refractivity contribution in [3.63, 3.8) is 0 Å². The quantitative estimate of drug-likeness (QED) is 0.646. The Morgan fingerprint density at radius 2 is 1.57 bits per heavy atom. The van der Waals surface area contributed by atoms with Crippen LogP contribution in [0.3, 0.4) is 0 Å². The molecule has 0 aliphatic rings. The SMILES string of the molecule is CC(NC(CO)c1cc(F)c(F)c(F)c1)c1ccc(F)cc1F. The Balaban J connectivity index is 2.25. The summed E-state index contributed by atoms with van der Waals surface area (Å²) in [6, 6.07) is 2.85. The van der Waals surface area contributed by atoms with Crippen LogP contribution >= 0.6 is 0 Å². The molecule has 0 aliphatic heterocycles. The van der Waals surface area contributed by atoms with Gasteiger partial charge >= 0.3 is 0 Å². The number of benzene rings is 2. The largest absolute Gasteiger partial charge is 0.394 e. The Labute approximate surface area is 129 Å². The summed E-state index contributed by atoms with van der Waals surface area (Å²) < 4.78 is 66.2. The van der Waals surface area contributed by atoms with Crippen LogP contribution in [0, 0.1) is 29.1 Å². The van der Waals surface area contributed by atoms with Crippen LogP contribution in [-0.2, 0) is 0 Å². The third-order valence-corrected chi connectivity index (χ3v) is 3.47. The lowest BCUT2D eigenvalue weighted by Gasteiger charge is -2.23. The lowest BCUT2D eigenvalue weighted by molar-refractivity contribution is 0.233. The highest BCUT2D eigenvalue weighted by atomic mass is 19.2. The summed E-state index contributed by atoms with van der Waals surface area (Å²) in [6.45, 7) is 0.979. The van der Waals surface area contributed by atoms with Crippen LogP contribution < -0.4 is 5.32 Å². The van der Waals surface area contributed by atoms with E-state index in [1.54, 1.807) is 0 Å². The van der Waals surface area contributed by atoms with Crippen LogP contribution in [0.5, 0.6) is 0 Å². The zero-order valence-corrected chi connectivity index (χ0v) is 12.1. The third-order valence-electron chi connectivity index (χ3n) is 3.47. The maximum absolute atomic E-state index is 13.7. The highest BCUT2D eigenvalue weighted by molar-refractivity contribution is 5.25. The Hall–Kier alpha value is -1.99. The van der Waals surface area contributed by atoms with Gasteiger partial charge < -0.3 is 10.4 Å². The molecular formula is C16H14F5NO. The molecule has 0 saturated carbocycles. The average Bonchev–Trinajstić information content (AvgIpc) is 2.49. The van der Waals surface area contributed by atoms with Crippen molar-refractivity contribution in [2.45, 2.75) is 19.0 Å². The molecule has 0 heterocycles. The van der Waals surface area contributed by atoms with E-state index in [9.17, 15) is 27.1 Å². The number of aliphatic hydroxyl groups excluding tert-OH is 1. The molecule has 2 unspecified atom stereocenters. The van der Waals surface area contributed by atoms with Gasteiger partial charge in [-0.05, 0) is 30.7 Å². The summed E-state index contributed by atoms with van der Waals surface area (Å²) in [4.78, 5) is 0. The second-order valence-corrected chi connectivity index (χ2v) is 5.09. The molecule has 2 aromatic rings. The first-order chi connectivity index (χ1) is 10.8. The molecule has 2 rings (SSSR count). The molecular weight excluding hydrogens is 317 g/mol. The number of aliphatic hydroxyl groups is 1. The number of hydrogen-bond acceptors (Lipinski definition) is 2. The van der Waals surface area contributed by atoms with Crippen LogP contribution in [0.4, 0.5) is 22.0 Å². The van der Waals surface area contributed by atoms with Gasteiger partial charge in [-0.1, -0.05) is 6.07 Å². The molecule has 0 radical (unpaired) electrons. The zero-order chi connectivity index (χ0) is 17.1. The number of rotatable bonds is 5. The second-order valence-electron chi connectivity index (χ2n) is 5.09. The van der Waals surface area contributed by atoms with Crippen LogP contribution in [0.15, 0.2) is 30.3 Å². The summed E-state index contributed by atoms with van der Waals surface area (Å²) in [6.07, 6.45) is 0. The summed E-state index contributed by atoms with van der Waals surface area (Å²) in [5, 5.41) is 12.2. The van der Waals surface area contributed by atoms with Crippen molar-refractivity contribution in [3.05, 3.63) is 70.5 Å². The molecule has 0 fully saturated rings. The van der Waals surface area contributed by atoms with Crippen molar-refractivity contribution in [2.75, 3.05) is 6.61 Å². The summed E-state index contributed by atoms with van der Waals surface area (Å²) in [7, 11) is 0. The summed E-state index contributed by atoms with van der Waals surface area (Å²) in [5.41, 5.74) is 0.0891. The second kappa shape index (κ2) is 7.06. The van der Waals surface area contributed by atoms with Gasteiger partial charge in [0.2, 0.25) is 0 Å². The van der Waals surface area contributed by atoms with Crippen LogP contribution in [0.25, 0.3) is 0 Å². The molecule has 0 aromatic heterocycles. The van der Waals surface area contributed by atoms with Gasteiger partial charge in [-0.25, -0.2) is 22.0 Å². The molecule has 0 bridgehead atoms. The van der Waals surface area contributed by atoms with Gasteiger partial charge in [-0.15, -0.1) is 0 Å². The van der Waals surface area contributed by atoms with E-state index in [0.29, 0.717) is 6.07 Å². The fourth-order valence-corrected chi connectivity index (χ4v) is 2.27. The van der Waals surface area contributed by atoms with Crippen molar-refractivity contribution >= 4 is 0 Å². The van der Waals surface area contributed by atoms with E-state index in [-0.39, 0.29) is 11.1 Å². The average molecular weight is 331 g/mol. The topological polar surface area (TPSA) is 32.3 Å². The summed E-state index contributed by atoms with van der Waals surface area (Å²) in [5.74, 6) is -5.91. The van der Waals surface area contributed by atoms with Crippen molar-refractivity contribution in [2.24, 2.45) is 0 Å². The van der Waals surface area contributed by atoms with Crippen LogP contribution in [-0.4, -0.2) is 11.7 Å². The first-order valence-corrected chi connectivity index (χ1v) is 6.79. The van der Waals surface area contributed by atoms with Gasteiger partial charge in [0.15, 0.2) is 17.5 Å². The minimum absolute atomic E-state index is 0.0294. The van der Waals surface area contributed by atoms with Crippen molar-refractivity contribution in [3.8, 4) is 0 Å². The summed E-state index contributed by atoms with van der Waals surface area (Å²) >= 11 is 0. The van der Waals surface area contributed by atoms with Crippen LogP contribution in [0.2, 0.25) is 0 Å². The molecule has 0 amide bonds. The molecule has 124 valence electrons. The molecule has 0 saturated heterocycles. The van der Waals surface area contributed by atoms with Gasteiger partial charge in [0, 0.05) is 17.7 Å². The molecule has 2 N–H and O–H groups in total. The van der Waals surface area contributed by atoms with E-state index < -0.39 is 47.8 Å². The first-order valence-electron chi connectivity index (χ1n) is 6.79. The van der Waals surface area contributed by atoms with E-state index in [4.69, 9.17) is 0 Å². The highest BCUT2D eigenvalue weighted by Gasteiger charge is 2.20. The normalized spacial score (nSPS) is 13.9. The Bertz CT molecular complexity index is 684. The van der Waals surface area contributed by atoms with Crippen molar-refractivity contribution in [1.82, 2.24) is 5.32 Å². The highest BCUT2D eigenvalue weighted by Crippen LogP contribution is 2.24. The first kappa shape index (κ1) is 17.4. The van der Waals surface area contributed by atoms with Gasteiger partial charge in [0.25, 0.3) is 0 Å². The maximum atomic E-state index is 13.7. The maximum Gasteiger partial charge on any atom is 0.194 e. The van der Waals surface area contributed by atoms with Gasteiger partial charge in [0.1, 0.15) is 11.6 Å². The zero-order valence-electron chi connectivity index (χ0n) is 12.1. The molecule has 0 aliphatic carbocycles. The third kappa shape index (κ3) is 3.86. The predicted octanol–water partition coefficient (Wildman–Crippen LogP) is 3.77. The molecule has 2 aromatic carbocycles. The fraction of sp³-hybridized carbons (Fsp3) is 0.250. The van der Waals surface area contributed by atoms with Gasteiger partial charge in [-0.3, -0.25) is 0 Å². The van der Waals surface area contributed by atoms with Crippen molar-refractivity contribution < 1.29 is 27.1 Å². The van der Waals surface area contributed by atoms with E-state index in [0.717, 1.165) is 18.2 Å². The smallest absolute Gasteiger partial charge is 0.194 e. The number of halogens is 5. The Morgan fingerprint density at radius 1 is 0.957 bits per heavy atom. The van der Waals surface area contributed by atoms with Gasteiger partial charge in [0.05, 0.1) is 12.6 Å². The minimum atomic E-state index is -1.61. The van der Waals surface area contributed by atoms with Crippen molar-refractivity contribution in [1.29, 1.82) is 0 Å². The van der Waals surface area contributed by atoms with E-state index in [2.05, 4.69) is 5.32 Å². The van der Waals surface area contributed by atoms with Crippen LogP contribution in [0.1, 0.15) is 30.1 Å². The predicted molar refractivity (Wildman–Crippen MR) is 74.1 cm³/mol. The lowest BCUT2D eigenvalue weighted by Crippen LogP contribution is -2.28. The minimum Gasteiger partial charge on any atom is -0.394 e. The number of nitrogens with one attached hydrogen (secondary N) is 1. The molecule has 0 spiro atoms. The lowest BCUT2D eigenvalue weighted by atomic mass is 10.0. The van der Waals surface area contributed by atoms with E-state index in [1.165, 1.54) is 13.0 Å². The van der Waals surface area contributed by atoms with E-state index >= 15 is 0 Å². The Kier molecular flexibility index (Phi) is 5.33. The number of hydrogen-bond donors (Lipinski definition) is 2. The van der Waals surface area contributed by atoms with E-state index in [1.807, 2.05) is 0 Å². The molecule has 2 atom stereocenters. The van der Waals surface area contributed by atoms with Gasteiger partial charge in [-0.2, -0.15) is 0 Å². The molecule has 2 nitrogen and oxygen atoms in total. The standard InChI is InChI=1S/C16H14F5NO/c1-8(11-3-2-10(17)6-12(11)18)22-15(7-23)9-4-13(19)16(21)14(20)5-9/h2-6,8,15,22-23H,7H2,1H3. The fourth-order valence-electron chi connectivity index (χ4n) is 2.27. The molecule has 23 heavy (non-hydrogen) atoms.